The van der Waals surface area contributed by atoms with Crippen molar-refractivity contribution in [3.8, 4) is 0 Å². The van der Waals surface area contributed by atoms with Crippen molar-refractivity contribution >= 4 is 17.7 Å². The van der Waals surface area contributed by atoms with Gasteiger partial charge in [0.15, 0.2) is 11.9 Å². The molecule has 0 aromatic rings. The molecule has 0 rings (SSSR count). The molecule has 0 amide bonds. The number of rotatable bonds is 8. The zero-order valence-corrected chi connectivity index (χ0v) is 10.7. The van der Waals surface area contributed by atoms with E-state index < -0.39 is 12.1 Å². The molecule has 0 saturated carbocycles. The normalized spacial score (nSPS) is 11.7. The Kier molecular flexibility index (Phi) is 8.01. The molecule has 0 aromatic heterocycles. The van der Waals surface area contributed by atoms with Gasteiger partial charge in [-0.15, -0.1) is 0 Å². The molecule has 0 aliphatic heterocycles. The van der Waals surface area contributed by atoms with E-state index in [4.69, 9.17) is 9.47 Å². The maximum atomic E-state index is 11.2. The van der Waals surface area contributed by atoms with Crippen LogP contribution in [0.2, 0.25) is 0 Å². The number of carbonyl (C=O) groups is 3. The number of hydrogen-bond acceptors (Lipinski definition) is 5. The molecule has 17 heavy (non-hydrogen) atoms. The summed E-state index contributed by atoms with van der Waals surface area (Å²) in [5.41, 5.74) is 0. The van der Waals surface area contributed by atoms with Crippen LogP contribution in [0, 0.1) is 0 Å². The molecule has 0 heterocycles. The highest BCUT2D eigenvalue weighted by Gasteiger charge is 2.13. The number of carbonyl (C=O) groups excluding carboxylic acids is 3. The minimum absolute atomic E-state index is 0.176. The van der Waals surface area contributed by atoms with E-state index in [2.05, 4.69) is 0 Å². The first-order valence-corrected chi connectivity index (χ1v) is 5.83. The Morgan fingerprint density at radius 2 is 1.59 bits per heavy atom. The third-order valence-electron chi connectivity index (χ3n) is 2.20. The molecule has 0 fully saturated rings. The molecule has 0 radical (unpaired) electrons. The SMILES string of the molecule is CCOC(=O)CCCCC(=O)OC(C)C(C)=O. The lowest BCUT2D eigenvalue weighted by molar-refractivity contribution is -0.153. The maximum absolute atomic E-state index is 11.2. The van der Waals surface area contributed by atoms with Gasteiger partial charge >= 0.3 is 11.9 Å². The van der Waals surface area contributed by atoms with E-state index in [1.54, 1.807) is 13.8 Å². The predicted octanol–water partition coefficient (Wildman–Crippen LogP) is 1.63. The van der Waals surface area contributed by atoms with Gasteiger partial charge < -0.3 is 9.47 Å². The van der Waals surface area contributed by atoms with Crippen molar-refractivity contribution in [2.75, 3.05) is 6.61 Å². The van der Waals surface area contributed by atoms with Crippen molar-refractivity contribution in [3.63, 3.8) is 0 Å². The monoisotopic (exact) mass is 244 g/mol. The van der Waals surface area contributed by atoms with Crippen molar-refractivity contribution in [1.29, 1.82) is 0 Å². The van der Waals surface area contributed by atoms with E-state index in [-0.39, 0.29) is 18.2 Å². The molecule has 0 aliphatic rings. The summed E-state index contributed by atoms with van der Waals surface area (Å²) < 4.78 is 9.61. The second kappa shape index (κ2) is 8.73. The first kappa shape index (κ1) is 15.6. The van der Waals surface area contributed by atoms with Gasteiger partial charge in [-0.2, -0.15) is 0 Å². The number of ketones is 1. The van der Waals surface area contributed by atoms with E-state index in [0.29, 0.717) is 25.9 Å². The minimum Gasteiger partial charge on any atom is -0.466 e. The molecule has 1 atom stereocenters. The van der Waals surface area contributed by atoms with E-state index in [1.807, 2.05) is 0 Å². The highest BCUT2D eigenvalue weighted by atomic mass is 16.5. The summed E-state index contributed by atoms with van der Waals surface area (Å²) in [4.78, 5) is 33.0. The Bertz CT molecular complexity index is 272. The molecular formula is C12H20O5. The van der Waals surface area contributed by atoms with Crippen LogP contribution in [0.4, 0.5) is 0 Å². The molecule has 5 heteroatoms. The van der Waals surface area contributed by atoms with Gasteiger partial charge in [-0.25, -0.2) is 0 Å². The molecule has 0 aliphatic carbocycles. The van der Waals surface area contributed by atoms with Crippen molar-refractivity contribution in [2.24, 2.45) is 0 Å². The second-order valence-corrected chi connectivity index (χ2v) is 3.75. The number of esters is 2. The molecule has 1 unspecified atom stereocenters. The summed E-state index contributed by atoms with van der Waals surface area (Å²) in [7, 11) is 0. The molecule has 0 N–H and O–H groups in total. The molecule has 0 saturated heterocycles. The van der Waals surface area contributed by atoms with Crippen LogP contribution in [0.3, 0.4) is 0 Å². The molecular weight excluding hydrogens is 224 g/mol. The fourth-order valence-electron chi connectivity index (χ4n) is 1.11. The van der Waals surface area contributed by atoms with Gasteiger partial charge in [0.1, 0.15) is 0 Å². The summed E-state index contributed by atoms with van der Waals surface area (Å²) in [5.74, 6) is -0.834. The number of ether oxygens (including phenoxy) is 2. The Labute approximate surface area is 101 Å². The van der Waals surface area contributed by atoms with E-state index in [1.165, 1.54) is 6.92 Å². The topological polar surface area (TPSA) is 69.7 Å². The Balaban J connectivity index is 3.58. The van der Waals surface area contributed by atoms with Crippen LogP contribution < -0.4 is 0 Å². The number of Topliss-reactive ketones (excluding diaryl/α,β-unsaturated/α-hetero) is 1. The van der Waals surface area contributed by atoms with Crippen LogP contribution in [-0.4, -0.2) is 30.4 Å². The molecule has 98 valence electrons. The van der Waals surface area contributed by atoms with Crippen LogP contribution in [0.25, 0.3) is 0 Å². The Morgan fingerprint density at radius 3 is 2.06 bits per heavy atom. The quantitative estimate of drug-likeness (QED) is 0.479. The highest BCUT2D eigenvalue weighted by Crippen LogP contribution is 2.04. The molecule has 5 nitrogen and oxygen atoms in total. The van der Waals surface area contributed by atoms with Crippen LogP contribution in [0.5, 0.6) is 0 Å². The maximum Gasteiger partial charge on any atom is 0.306 e. The van der Waals surface area contributed by atoms with Gasteiger partial charge in [-0.3, -0.25) is 14.4 Å². The zero-order chi connectivity index (χ0) is 13.3. The summed E-state index contributed by atoms with van der Waals surface area (Å²) in [5, 5.41) is 0. The van der Waals surface area contributed by atoms with Crippen molar-refractivity contribution in [2.45, 2.75) is 52.6 Å². The van der Waals surface area contributed by atoms with Gasteiger partial charge in [0.25, 0.3) is 0 Å². The lowest BCUT2D eigenvalue weighted by Gasteiger charge is -2.09. The van der Waals surface area contributed by atoms with Crippen LogP contribution in [0.1, 0.15) is 46.5 Å². The lowest BCUT2D eigenvalue weighted by Crippen LogP contribution is -2.21. The summed E-state index contributed by atoms with van der Waals surface area (Å²) in [6.07, 6.45) is 0.984. The summed E-state index contributed by atoms with van der Waals surface area (Å²) >= 11 is 0. The standard InChI is InChI=1S/C12H20O5/c1-4-16-11(14)7-5-6-8-12(15)17-10(3)9(2)13/h10H,4-8H2,1-3H3. The molecule has 0 aromatic carbocycles. The third-order valence-corrected chi connectivity index (χ3v) is 2.20. The van der Waals surface area contributed by atoms with Crippen LogP contribution in [0.15, 0.2) is 0 Å². The highest BCUT2D eigenvalue weighted by molar-refractivity contribution is 5.83. The minimum atomic E-state index is -0.687. The van der Waals surface area contributed by atoms with E-state index in [9.17, 15) is 14.4 Å². The fourth-order valence-corrected chi connectivity index (χ4v) is 1.11. The van der Waals surface area contributed by atoms with Crippen molar-refractivity contribution < 1.29 is 23.9 Å². The lowest BCUT2D eigenvalue weighted by atomic mass is 10.2. The van der Waals surface area contributed by atoms with Gasteiger partial charge in [0.05, 0.1) is 6.61 Å². The van der Waals surface area contributed by atoms with Crippen molar-refractivity contribution in [1.82, 2.24) is 0 Å². The molecule has 0 bridgehead atoms. The first-order valence-electron chi connectivity index (χ1n) is 5.83. The predicted molar refractivity (Wildman–Crippen MR) is 61.3 cm³/mol. The number of unbranched alkanes of at least 4 members (excludes halogenated alkanes) is 1. The Hall–Kier alpha value is -1.39. The van der Waals surface area contributed by atoms with E-state index >= 15 is 0 Å². The summed E-state index contributed by atoms with van der Waals surface area (Å²) in [6, 6.07) is 0. The average molecular weight is 244 g/mol. The zero-order valence-electron chi connectivity index (χ0n) is 10.7. The largest absolute Gasteiger partial charge is 0.466 e. The third kappa shape index (κ3) is 8.42. The van der Waals surface area contributed by atoms with Crippen LogP contribution >= 0.6 is 0 Å². The Morgan fingerprint density at radius 1 is 1.06 bits per heavy atom. The van der Waals surface area contributed by atoms with Gasteiger partial charge in [-0.1, -0.05) is 0 Å². The fraction of sp³-hybridized carbons (Fsp3) is 0.750. The molecule has 0 spiro atoms. The second-order valence-electron chi connectivity index (χ2n) is 3.75. The van der Waals surface area contributed by atoms with E-state index in [0.717, 1.165) is 0 Å². The average Bonchev–Trinajstić information content (AvgIpc) is 2.24. The van der Waals surface area contributed by atoms with Crippen LogP contribution in [-0.2, 0) is 23.9 Å². The van der Waals surface area contributed by atoms with Gasteiger partial charge in [0.2, 0.25) is 0 Å². The van der Waals surface area contributed by atoms with Gasteiger partial charge in [0, 0.05) is 12.8 Å². The van der Waals surface area contributed by atoms with Gasteiger partial charge in [-0.05, 0) is 33.6 Å². The number of hydrogen-bond donors (Lipinski definition) is 0. The first-order chi connectivity index (χ1) is 7.97. The smallest absolute Gasteiger partial charge is 0.306 e. The summed E-state index contributed by atoms with van der Waals surface area (Å²) in [6.45, 7) is 5.03. The van der Waals surface area contributed by atoms with Crippen molar-refractivity contribution in [3.05, 3.63) is 0 Å².